The largest absolute Gasteiger partial charge is 0.497 e. The van der Waals surface area contributed by atoms with Crippen LogP contribution in [0.1, 0.15) is 44.4 Å². The Bertz CT molecular complexity index is 1100. The number of carbonyl (C=O) groups is 1. The zero-order valence-corrected chi connectivity index (χ0v) is 17.1. The maximum Gasteiger partial charge on any atom is 0.248 e. The van der Waals surface area contributed by atoms with Crippen LogP contribution in [0.15, 0.2) is 60.0 Å². The Kier molecular flexibility index (Phi) is 4.78. The summed E-state index contributed by atoms with van der Waals surface area (Å²) in [5.74, 6) is 0.753. The Morgan fingerprint density at radius 2 is 1.83 bits per heavy atom. The molecule has 0 N–H and O–H groups in total. The molecule has 1 atom stereocenters. The molecule has 0 fully saturated rings. The van der Waals surface area contributed by atoms with Gasteiger partial charge in [0.05, 0.1) is 29.9 Å². The van der Waals surface area contributed by atoms with Gasteiger partial charge in [-0.25, -0.2) is 5.01 Å². The molecule has 0 bridgehead atoms. The highest BCUT2D eigenvalue weighted by Gasteiger charge is 2.38. The lowest BCUT2D eigenvalue weighted by molar-refractivity contribution is -0.141. The van der Waals surface area contributed by atoms with E-state index < -0.39 is 5.41 Å². The number of methoxy groups -OCH3 is 1. The second-order valence-electron chi connectivity index (χ2n) is 8.20. The van der Waals surface area contributed by atoms with Gasteiger partial charge in [0.25, 0.3) is 0 Å². The van der Waals surface area contributed by atoms with Gasteiger partial charge in [-0.2, -0.15) is 5.10 Å². The molecule has 148 valence electrons. The van der Waals surface area contributed by atoms with E-state index >= 15 is 0 Å². The fourth-order valence-electron chi connectivity index (χ4n) is 3.47. The Morgan fingerprint density at radius 3 is 2.55 bits per heavy atom. The number of benzene rings is 2. The van der Waals surface area contributed by atoms with Gasteiger partial charge >= 0.3 is 0 Å². The van der Waals surface area contributed by atoms with E-state index in [4.69, 9.17) is 9.84 Å². The number of fused-ring (bicyclic) bond motifs is 1. The van der Waals surface area contributed by atoms with Gasteiger partial charge in [0.2, 0.25) is 5.91 Å². The van der Waals surface area contributed by atoms with E-state index in [0.29, 0.717) is 6.42 Å². The zero-order chi connectivity index (χ0) is 20.6. The molecule has 1 aromatic heterocycles. The van der Waals surface area contributed by atoms with E-state index in [1.807, 2.05) is 63.2 Å². The number of carbonyl (C=O) groups excluding carboxylic acids is 1. The highest BCUT2D eigenvalue weighted by Crippen LogP contribution is 2.37. The topological polar surface area (TPSA) is 67.7 Å². The third kappa shape index (κ3) is 3.70. The fourth-order valence-corrected chi connectivity index (χ4v) is 3.47. The van der Waals surface area contributed by atoms with Gasteiger partial charge < -0.3 is 4.74 Å². The van der Waals surface area contributed by atoms with Gasteiger partial charge in [-0.3, -0.25) is 14.8 Å². The number of aromatic nitrogens is 2. The minimum absolute atomic E-state index is 0.0142. The number of rotatable bonds is 3. The van der Waals surface area contributed by atoms with Crippen molar-refractivity contribution in [1.82, 2.24) is 15.0 Å². The number of hydrazone groups is 1. The van der Waals surface area contributed by atoms with Crippen molar-refractivity contribution in [3.63, 3.8) is 0 Å². The van der Waals surface area contributed by atoms with Crippen molar-refractivity contribution in [2.24, 2.45) is 10.5 Å². The third-order valence-corrected chi connectivity index (χ3v) is 5.04. The third-order valence-electron chi connectivity index (χ3n) is 5.04. The van der Waals surface area contributed by atoms with Crippen LogP contribution in [0.3, 0.4) is 0 Å². The summed E-state index contributed by atoms with van der Waals surface area (Å²) in [7, 11) is 1.64. The van der Waals surface area contributed by atoms with Crippen LogP contribution in [0.2, 0.25) is 0 Å². The predicted octanol–water partition coefficient (Wildman–Crippen LogP) is 4.36. The fraction of sp³-hybridized carbons (Fsp3) is 0.304. The molecule has 29 heavy (non-hydrogen) atoms. The predicted molar refractivity (Wildman–Crippen MR) is 113 cm³/mol. The minimum atomic E-state index is -0.539. The first kappa shape index (κ1) is 19.1. The Balaban J connectivity index is 1.76. The molecule has 0 saturated carbocycles. The van der Waals surface area contributed by atoms with Gasteiger partial charge in [-0.1, -0.05) is 39.0 Å². The van der Waals surface area contributed by atoms with Crippen molar-refractivity contribution >= 4 is 22.7 Å². The lowest BCUT2D eigenvalue weighted by Crippen LogP contribution is -2.36. The second kappa shape index (κ2) is 7.28. The molecule has 4 rings (SSSR count). The molecule has 1 aliphatic rings. The Morgan fingerprint density at radius 1 is 1.07 bits per heavy atom. The van der Waals surface area contributed by atoms with Crippen molar-refractivity contribution in [2.75, 3.05) is 7.11 Å². The van der Waals surface area contributed by atoms with E-state index in [9.17, 15) is 4.79 Å². The van der Waals surface area contributed by atoms with Crippen molar-refractivity contribution in [2.45, 2.75) is 33.2 Å². The second-order valence-corrected chi connectivity index (χ2v) is 8.20. The maximum absolute atomic E-state index is 13.2. The van der Waals surface area contributed by atoms with E-state index in [1.54, 1.807) is 24.5 Å². The Hall–Kier alpha value is -3.28. The zero-order valence-electron chi connectivity index (χ0n) is 17.1. The van der Waals surface area contributed by atoms with E-state index in [0.717, 1.165) is 33.6 Å². The van der Waals surface area contributed by atoms with Crippen LogP contribution in [-0.4, -0.2) is 33.7 Å². The summed E-state index contributed by atoms with van der Waals surface area (Å²) in [6.45, 7) is 5.74. The summed E-state index contributed by atoms with van der Waals surface area (Å²) < 4.78 is 5.35. The van der Waals surface area contributed by atoms with Gasteiger partial charge in [0.1, 0.15) is 5.75 Å². The minimum Gasteiger partial charge on any atom is -0.497 e. The molecule has 2 aromatic carbocycles. The molecule has 1 aliphatic heterocycles. The standard InChI is InChI=1S/C23H24N4O2/c1-23(2,3)22(28)27-21(16-8-9-18-20(13-16)25-11-10-24-18)14-19(26-27)15-6-5-7-17(12-15)29-4/h5-13,21H,14H2,1-4H3/t21-/m0/s1. The van der Waals surface area contributed by atoms with Crippen LogP contribution >= 0.6 is 0 Å². The van der Waals surface area contributed by atoms with Crippen LogP contribution in [-0.2, 0) is 4.79 Å². The molecule has 3 aromatic rings. The van der Waals surface area contributed by atoms with E-state index in [-0.39, 0.29) is 11.9 Å². The highest BCUT2D eigenvalue weighted by molar-refractivity contribution is 6.03. The molecule has 6 heteroatoms. The SMILES string of the molecule is COc1cccc(C2=NN(C(=O)C(C)(C)C)[C@H](c3ccc4nccnc4c3)C2)c1. The molecule has 6 nitrogen and oxygen atoms in total. The summed E-state index contributed by atoms with van der Waals surface area (Å²) in [6.07, 6.45) is 3.98. The first-order chi connectivity index (χ1) is 13.9. The molecule has 0 radical (unpaired) electrons. The average molecular weight is 388 g/mol. The number of amides is 1. The molecule has 2 heterocycles. The summed E-state index contributed by atoms with van der Waals surface area (Å²) in [6, 6.07) is 13.6. The van der Waals surface area contributed by atoms with Gasteiger partial charge in [-0.15, -0.1) is 0 Å². The number of nitrogens with zero attached hydrogens (tertiary/aromatic N) is 4. The van der Waals surface area contributed by atoms with Gasteiger partial charge in [-0.05, 0) is 29.8 Å². The Labute approximate surface area is 170 Å². The summed E-state index contributed by atoms with van der Waals surface area (Å²) in [5, 5.41) is 6.38. The van der Waals surface area contributed by atoms with Crippen molar-refractivity contribution < 1.29 is 9.53 Å². The quantitative estimate of drug-likeness (QED) is 0.668. The first-order valence-electron chi connectivity index (χ1n) is 9.63. The summed E-state index contributed by atoms with van der Waals surface area (Å²) >= 11 is 0. The van der Waals surface area contributed by atoms with E-state index in [1.165, 1.54) is 0 Å². The molecule has 0 saturated heterocycles. The van der Waals surface area contributed by atoms with Gasteiger partial charge in [0.15, 0.2) is 0 Å². The van der Waals surface area contributed by atoms with Crippen LogP contribution in [0.25, 0.3) is 11.0 Å². The van der Waals surface area contributed by atoms with Crippen molar-refractivity contribution in [3.05, 3.63) is 66.0 Å². The van der Waals surface area contributed by atoms with Crippen LogP contribution in [0, 0.1) is 5.41 Å². The van der Waals surface area contributed by atoms with Crippen molar-refractivity contribution in [3.8, 4) is 5.75 Å². The number of hydrogen-bond donors (Lipinski definition) is 0. The van der Waals surface area contributed by atoms with Crippen molar-refractivity contribution in [1.29, 1.82) is 0 Å². The molecule has 0 aliphatic carbocycles. The van der Waals surface area contributed by atoms with Crippen LogP contribution < -0.4 is 4.74 Å². The normalized spacial score (nSPS) is 16.8. The monoisotopic (exact) mass is 388 g/mol. The van der Waals surface area contributed by atoms with Crippen LogP contribution in [0.4, 0.5) is 0 Å². The molecule has 1 amide bonds. The summed E-state index contributed by atoms with van der Waals surface area (Å²) in [5.41, 5.74) is 3.92. The van der Waals surface area contributed by atoms with Crippen LogP contribution in [0.5, 0.6) is 5.75 Å². The van der Waals surface area contributed by atoms with Gasteiger partial charge in [0, 0.05) is 29.8 Å². The average Bonchev–Trinajstić information content (AvgIpc) is 3.17. The lowest BCUT2D eigenvalue weighted by Gasteiger charge is -2.28. The molecule has 0 spiro atoms. The summed E-state index contributed by atoms with van der Waals surface area (Å²) in [4.78, 5) is 21.9. The molecular weight excluding hydrogens is 364 g/mol. The molecular formula is C23H24N4O2. The maximum atomic E-state index is 13.2. The molecule has 0 unspecified atom stereocenters. The van der Waals surface area contributed by atoms with E-state index in [2.05, 4.69) is 9.97 Å². The lowest BCUT2D eigenvalue weighted by atomic mass is 9.92. The first-order valence-corrected chi connectivity index (χ1v) is 9.63. The number of ether oxygens (including phenoxy) is 1. The number of hydrogen-bond acceptors (Lipinski definition) is 5. The smallest absolute Gasteiger partial charge is 0.248 e. The highest BCUT2D eigenvalue weighted by atomic mass is 16.5.